The molecule has 0 saturated heterocycles. The van der Waals surface area contributed by atoms with E-state index in [-0.39, 0.29) is 39.1 Å². The number of unbranched alkanes of at least 4 members (excludes halogenated alkanes) is 22. The molecule has 0 aromatic heterocycles. The Balaban J connectivity index is 4.05. The Bertz CT molecular complexity index is 831. The maximum Gasteiger partial charge on any atom is 0.307 e. The van der Waals surface area contributed by atoms with Crippen molar-refractivity contribution in [3.63, 3.8) is 0 Å². The average molecular weight is 705 g/mol. The Kier molecular flexibility index (Phi) is 35.6. The molecule has 8 heteroatoms. The fraction of sp³-hybridized carbons (Fsp3) is 0.810. The molecule has 0 atom stereocenters. The minimum absolute atomic E-state index is 0.124. The van der Waals surface area contributed by atoms with Gasteiger partial charge < -0.3 is 15.2 Å². The Labute approximate surface area is 306 Å². The van der Waals surface area contributed by atoms with Gasteiger partial charge in [0.05, 0.1) is 0 Å². The predicted molar refractivity (Wildman–Crippen MR) is 206 cm³/mol. The lowest BCUT2D eigenvalue weighted by Crippen LogP contribution is -2.37. The lowest BCUT2D eigenvalue weighted by molar-refractivity contribution is -0.164. The number of nitrogens with two attached hydrogens (primary N) is 1. The third-order valence-corrected chi connectivity index (χ3v) is 8.99. The van der Waals surface area contributed by atoms with Gasteiger partial charge in [0.2, 0.25) is 11.8 Å². The first-order chi connectivity index (χ1) is 24.4. The van der Waals surface area contributed by atoms with Crippen molar-refractivity contribution in [2.45, 2.75) is 206 Å². The highest BCUT2D eigenvalue weighted by Crippen LogP contribution is 2.13. The molecule has 0 aliphatic rings. The molecule has 0 unspecified atom stereocenters. The van der Waals surface area contributed by atoms with Gasteiger partial charge in [0.15, 0.2) is 13.5 Å². The molecule has 2 N–H and O–H groups in total. The van der Waals surface area contributed by atoms with E-state index in [1.807, 2.05) is 0 Å². The summed E-state index contributed by atoms with van der Waals surface area (Å²) in [6.07, 6.45) is 40.2. The average Bonchev–Trinajstić information content (AvgIpc) is 3.10. The minimum Gasteiger partial charge on any atom is -0.444 e. The number of carbonyl (C=O) groups excluding carboxylic acids is 4. The molecular weight excluding hydrogens is 628 g/mol. The van der Waals surface area contributed by atoms with E-state index < -0.39 is 23.8 Å². The molecular formula is C42H76N2O6. The number of primary amides is 1. The molecule has 50 heavy (non-hydrogen) atoms. The molecule has 0 bridgehead atoms. The summed E-state index contributed by atoms with van der Waals surface area (Å²) >= 11 is 0. The molecule has 8 nitrogen and oxygen atoms in total. The second-order valence-corrected chi connectivity index (χ2v) is 13.9. The van der Waals surface area contributed by atoms with Crippen LogP contribution >= 0.6 is 0 Å². The number of amides is 2. The van der Waals surface area contributed by atoms with Gasteiger partial charge in [0.25, 0.3) is 0 Å². The number of esters is 2. The third kappa shape index (κ3) is 35.2. The monoisotopic (exact) mass is 705 g/mol. The predicted octanol–water partition coefficient (Wildman–Crippen LogP) is 11.2. The third-order valence-electron chi connectivity index (χ3n) is 8.99. The summed E-state index contributed by atoms with van der Waals surface area (Å²) < 4.78 is 10.6. The molecule has 290 valence electrons. The Morgan fingerprint density at radius 1 is 0.440 bits per heavy atom. The number of allylic oxidation sites excluding steroid dienone is 4. The second kappa shape index (κ2) is 37.6. The van der Waals surface area contributed by atoms with E-state index in [0.29, 0.717) is 0 Å². The molecule has 0 fully saturated rings. The minimum atomic E-state index is -0.597. The fourth-order valence-electron chi connectivity index (χ4n) is 5.69. The van der Waals surface area contributed by atoms with Gasteiger partial charge in [0, 0.05) is 25.7 Å². The van der Waals surface area contributed by atoms with E-state index in [4.69, 9.17) is 15.2 Å². The van der Waals surface area contributed by atoms with Crippen LogP contribution in [0, 0.1) is 0 Å². The normalized spacial score (nSPS) is 11.4. The van der Waals surface area contributed by atoms with Gasteiger partial charge >= 0.3 is 11.9 Å². The summed E-state index contributed by atoms with van der Waals surface area (Å²) in [5.41, 5.74) is 5.19. The molecule has 0 rings (SSSR count). The van der Waals surface area contributed by atoms with Gasteiger partial charge in [-0.1, -0.05) is 141 Å². The SMILES string of the molecule is CCCCCCCC/C=C\CCCCCCCC(=O)OCN(COC(=O)CCCCCCC/C=C\CCCCCCCC)C(=O)CCC(N)=O. The summed E-state index contributed by atoms with van der Waals surface area (Å²) in [4.78, 5) is 49.6. The van der Waals surface area contributed by atoms with Gasteiger partial charge in [-0.3, -0.25) is 24.1 Å². The molecule has 0 spiro atoms. The lowest BCUT2D eigenvalue weighted by atomic mass is 10.1. The topological polar surface area (TPSA) is 116 Å². The van der Waals surface area contributed by atoms with Crippen molar-refractivity contribution in [3.8, 4) is 0 Å². The van der Waals surface area contributed by atoms with Crippen LogP contribution in [0.5, 0.6) is 0 Å². The standard InChI is InChI=1S/C42H76N2O6/c1-3-5-7-9-11-13-15-17-19-21-23-25-27-29-31-33-41(47)49-37-44(40(46)36-35-39(43)45)38-50-42(48)34-32-30-28-26-24-22-20-18-16-14-12-10-8-6-4-2/h17-20H,3-16,21-38H2,1-2H3,(H2,43,45)/b19-17-,20-18-. The summed E-state index contributed by atoms with van der Waals surface area (Å²) in [5, 5.41) is 0. The highest BCUT2D eigenvalue weighted by molar-refractivity contribution is 5.83. The molecule has 0 aromatic carbocycles. The van der Waals surface area contributed by atoms with E-state index >= 15 is 0 Å². The van der Waals surface area contributed by atoms with Gasteiger partial charge in [-0.25, -0.2) is 0 Å². The Morgan fingerprint density at radius 3 is 1.10 bits per heavy atom. The smallest absolute Gasteiger partial charge is 0.307 e. The number of hydrogen-bond acceptors (Lipinski definition) is 6. The van der Waals surface area contributed by atoms with Crippen molar-refractivity contribution < 1.29 is 28.7 Å². The van der Waals surface area contributed by atoms with E-state index in [1.54, 1.807) is 0 Å². The maximum atomic E-state index is 12.6. The number of hydrogen-bond donors (Lipinski definition) is 1. The summed E-state index contributed by atoms with van der Waals surface area (Å²) in [6, 6.07) is 0. The summed E-state index contributed by atoms with van der Waals surface area (Å²) in [7, 11) is 0. The van der Waals surface area contributed by atoms with Crippen molar-refractivity contribution in [1.82, 2.24) is 4.90 Å². The van der Waals surface area contributed by atoms with Gasteiger partial charge in [0.1, 0.15) is 0 Å². The van der Waals surface area contributed by atoms with Crippen LogP contribution in [-0.2, 0) is 28.7 Å². The van der Waals surface area contributed by atoms with E-state index in [2.05, 4.69) is 38.2 Å². The molecule has 0 aliphatic carbocycles. The van der Waals surface area contributed by atoms with Crippen LogP contribution in [0.1, 0.15) is 206 Å². The number of carbonyl (C=O) groups is 4. The zero-order valence-corrected chi connectivity index (χ0v) is 32.4. The van der Waals surface area contributed by atoms with Crippen molar-refractivity contribution in [2.24, 2.45) is 5.73 Å². The summed E-state index contributed by atoms with van der Waals surface area (Å²) in [6.45, 7) is 3.86. The highest BCUT2D eigenvalue weighted by atomic mass is 16.6. The van der Waals surface area contributed by atoms with E-state index in [9.17, 15) is 19.2 Å². The van der Waals surface area contributed by atoms with Crippen molar-refractivity contribution in [3.05, 3.63) is 24.3 Å². The highest BCUT2D eigenvalue weighted by Gasteiger charge is 2.18. The molecule has 0 heterocycles. The fourth-order valence-corrected chi connectivity index (χ4v) is 5.69. The van der Waals surface area contributed by atoms with Gasteiger partial charge in [-0.2, -0.15) is 0 Å². The molecule has 0 aliphatic heterocycles. The summed E-state index contributed by atoms with van der Waals surface area (Å²) in [5.74, 6) is -1.84. The zero-order chi connectivity index (χ0) is 36.8. The molecule has 0 saturated carbocycles. The largest absolute Gasteiger partial charge is 0.444 e. The van der Waals surface area contributed by atoms with Gasteiger partial charge in [-0.15, -0.1) is 0 Å². The van der Waals surface area contributed by atoms with Crippen LogP contribution in [0.3, 0.4) is 0 Å². The van der Waals surface area contributed by atoms with Crippen LogP contribution in [0.15, 0.2) is 24.3 Å². The van der Waals surface area contributed by atoms with E-state index in [0.717, 1.165) is 81.9 Å². The zero-order valence-electron chi connectivity index (χ0n) is 32.4. The first kappa shape index (κ1) is 47.4. The number of ether oxygens (including phenoxy) is 2. The Hall–Kier alpha value is -2.64. The van der Waals surface area contributed by atoms with Crippen LogP contribution in [0.25, 0.3) is 0 Å². The first-order valence-electron chi connectivity index (χ1n) is 20.6. The second-order valence-electron chi connectivity index (χ2n) is 13.9. The molecule has 2 amide bonds. The van der Waals surface area contributed by atoms with Crippen molar-refractivity contribution >= 4 is 23.8 Å². The van der Waals surface area contributed by atoms with Gasteiger partial charge in [-0.05, 0) is 64.2 Å². The van der Waals surface area contributed by atoms with Crippen LogP contribution in [0.2, 0.25) is 0 Å². The Morgan fingerprint density at radius 2 is 0.760 bits per heavy atom. The number of nitrogens with zero attached hydrogens (tertiary/aromatic N) is 1. The quantitative estimate of drug-likeness (QED) is 0.0298. The number of rotatable bonds is 37. The lowest BCUT2D eigenvalue weighted by Gasteiger charge is -2.22. The molecule has 0 aromatic rings. The van der Waals surface area contributed by atoms with Crippen LogP contribution in [0.4, 0.5) is 0 Å². The first-order valence-corrected chi connectivity index (χ1v) is 20.6. The van der Waals surface area contributed by atoms with Crippen molar-refractivity contribution in [2.75, 3.05) is 13.5 Å². The maximum absolute atomic E-state index is 12.6. The molecule has 0 radical (unpaired) electrons. The van der Waals surface area contributed by atoms with Crippen LogP contribution in [-0.4, -0.2) is 42.1 Å². The van der Waals surface area contributed by atoms with Crippen LogP contribution < -0.4 is 5.73 Å². The van der Waals surface area contributed by atoms with Crippen molar-refractivity contribution in [1.29, 1.82) is 0 Å². The van der Waals surface area contributed by atoms with E-state index in [1.165, 1.54) is 89.9 Å².